The molecular weight excluding hydrogens is 200 g/mol. The Hall–Kier alpha value is 0.230. The monoisotopic (exact) mass is 222 g/mol. The molecule has 0 aromatic heterocycles. The molecule has 0 saturated heterocycles. The van der Waals surface area contributed by atoms with Crippen molar-refractivity contribution < 1.29 is 15.3 Å². The third kappa shape index (κ3) is 7.62. The Balaban J connectivity index is 3.45. The maximum Gasteiger partial charge on any atom is 0.104 e. The molecule has 0 amide bonds. The molecule has 0 aliphatic rings. The molecule has 3 N–H and O–H groups in total. The number of aliphatic hydroxyl groups excluding tert-OH is 3. The van der Waals surface area contributed by atoms with E-state index in [0.717, 1.165) is 12.2 Å². The van der Waals surface area contributed by atoms with Gasteiger partial charge in [0.25, 0.3) is 0 Å². The minimum atomic E-state index is -1.00. The van der Waals surface area contributed by atoms with Crippen LogP contribution < -0.4 is 0 Å². The van der Waals surface area contributed by atoms with E-state index in [0.29, 0.717) is 11.2 Å². The van der Waals surface area contributed by atoms with Gasteiger partial charge >= 0.3 is 0 Å². The van der Waals surface area contributed by atoms with Crippen molar-refractivity contribution in [3.05, 3.63) is 0 Å². The standard InChI is InChI=1S/C10H22O3S/c1-10(2,3)4-5-14-7-9(13)8(12)6-11/h8-9,11-13H,4-7H2,1-3H3. The van der Waals surface area contributed by atoms with E-state index in [1.807, 2.05) is 0 Å². The van der Waals surface area contributed by atoms with Crippen LogP contribution in [0.25, 0.3) is 0 Å². The van der Waals surface area contributed by atoms with Crippen molar-refractivity contribution in [2.75, 3.05) is 18.1 Å². The lowest BCUT2D eigenvalue weighted by atomic mass is 9.94. The van der Waals surface area contributed by atoms with Crippen LogP contribution in [0.15, 0.2) is 0 Å². The minimum Gasteiger partial charge on any atom is -0.394 e. The van der Waals surface area contributed by atoms with Crippen molar-refractivity contribution >= 4 is 11.8 Å². The second kappa shape index (κ2) is 6.67. The zero-order valence-electron chi connectivity index (χ0n) is 9.23. The zero-order valence-corrected chi connectivity index (χ0v) is 10.0. The van der Waals surface area contributed by atoms with Crippen LogP contribution in [0, 0.1) is 5.41 Å². The lowest BCUT2D eigenvalue weighted by molar-refractivity contribution is -0.00190. The molecule has 0 saturated carbocycles. The van der Waals surface area contributed by atoms with E-state index in [2.05, 4.69) is 20.8 Å². The van der Waals surface area contributed by atoms with E-state index >= 15 is 0 Å². The molecule has 2 unspecified atom stereocenters. The fraction of sp³-hybridized carbons (Fsp3) is 1.00. The first-order valence-electron chi connectivity index (χ1n) is 4.91. The van der Waals surface area contributed by atoms with Crippen molar-refractivity contribution in [1.29, 1.82) is 0 Å². The van der Waals surface area contributed by atoms with E-state index in [1.165, 1.54) is 0 Å². The molecule has 0 bridgehead atoms. The number of hydrogen-bond donors (Lipinski definition) is 3. The van der Waals surface area contributed by atoms with Gasteiger partial charge in [-0.3, -0.25) is 0 Å². The summed E-state index contributed by atoms with van der Waals surface area (Å²) in [6, 6.07) is 0. The second-order valence-corrected chi connectivity index (χ2v) is 5.85. The Kier molecular flexibility index (Phi) is 6.78. The molecule has 0 aliphatic heterocycles. The van der Waals surface area contributed by atoms with Crippen molar-refractivity contribution in [1.82, 2.24) is 0 Å². The summed E-state index contributed by atoms with van der Waals surface area (Å²) < 4.78 is 0. The molecule has 86 valence electrons. The van der Waals surface area contributed by atoms with Gasteiger partial charge in [-0.1, -0.05) is 20.8 Å². The maximum absolute atomic E-state index is 9.32. The predicted octanol–water partition coefficient (Wildman–Crippen LogP) is 0.870. The molecule has 0 radical (unpaired) electrons. The van der Waals surface area contributed by atoms with Crippen LogP contribution >= 0.6 is 11.8 Å². The van der Waals surface area contributed by atoms with Crippen LogP contribution in [0.4, 0.5) is 0 Å². The summed E-state index contributed by atoms with van der Waals surface area (Å²) in [6.07, 6.45) is -0.735. The molecule has 4 heteroatoms. The third-order valence-corrected chi connectivity index (χ3v) is 2.99. The summed E-state index contributed by atoms with van der Waals surface area (Å²) >= 11 is 1.61. The molecule has 0 aromatic rings. The molecule has 0 rings (SSSR count). The highest BCUT2D eigenvalue weighted by atomic mass is 32.2. The fourth-order valence-electron chi connectivity index (χ4n) is 0.815. The summed E-state index contributed by atoms with van der Waals surface area (Å²) in [5.74, 6) is 1.45. The topological polar surface area (TPSA) is 60.7 Å². The highest BCUT2D eigenvalue weighted by Crippen LogP contribution is 2.21. The molecule has 2 atom stereocenters. The van der Waals surface area contributed by atoms with E-state index in [-0.39, 0.29) is 6.61 Å². The largest absolute Gasteiger partial charge is 0.394 e. The van der Waals surface area contributed by atoms with Crippen LogP contribution in [-0.4, -0.2) is 45.6 Å². The van der Waals surface area contributed by atoms with Crippen LogP contribution in [0.2, 0.25) is 0 Å². The quantitative estimate of drug-likeness (QED) is 0.584. The van der Waals surface area contributed by atoms with E-state index in [4.69, 9.17) is 10.2 Å². The number of thioether (sulfide) groups is 1. The summed E-state index contributed by atoms with van der Waals surface area (Å²) in [5.41, 5.74) is 0.313. The summed E-state index contributed by atoms with van der Waals surface area (Å²) in [5, 5.41) is 27.0. The van der Waals surface area contributed by atoms with Gasteiger partial charge < -0.3 is 15.3 Å². The summed E-state index contributed by atoms with van der Waals surface area (Å²) in [6.45, 7) is 6.15. The van der Waals surface area contributed by atoms with Crippen molar-refractivity contribution in [2.24, 2.45) is 5.41 Å². The van der Waals surface area contributed by atoms with Crippen molar-refractivity contribution in [3.63, 3.8) is 0 Å². The molecule has 0 spiro atoms. The normalized spacial score (nSPS) is 16.7. The van der Waals surface area contributed by atoms with Crippen LogP contribution in [0.3, 0.4) is 0 Å². The Morgan fingerprint density at radius 1 is 1.14 bits per heavy atom. The van der Waals surface area contributed by atoms with Crippen LogP contribution in [0.1, 0.15) is 27.2 Å². The smallest absolute Gasteiger partial charge is 0.104 e. The highest BCUT2D eigenvalue weighted by molar-refractivity contribution is 7.99. The molecule has 3 nitrogen and oxygen atoms in total. The third-order valence-electron chi connectivity index (χ3n) is 1.92. The summed E-state index contributed by atoms with van der Waals surface area (Å²) in [7, 11) is 0. The second-order valence-electron chi connectivity index (χ2n) is 4.70. The number of hydrogen-bond acceptors (Lipinski definition) is 4. The lowest BCUT2D eigenvalue weighted by Gasteiger charge is -2.19. The van der Waals surface area contributed by atoms with Gasteiger partial charge in [-0.05, 0) is 17.6 Å². The van der Waals surface area contributed by atoms with Gasteiger partial charge in [0.05, 0.1) is 12.7 Å². The van der Waals surface area contributed by atoms with Gasteiger partial charge in [0.15, 0.2) is 0 Å². The van der Waals surface area contributed by atoms with E-state index in [1.54, 1.807) is 11.8 Å². The summed E-state index contributed by atoms with van der Waals surface area (Å²) in [4.78, 5) is 0. The van der Waals surface area contributed by atoms with Gasteiger partial charge in [-0.25, -0.2) is 0 Å². The zero-order chi connectivity index (χ0) is 11.2. The average Bonchev–Trinajstić information content (AvgIpc) is 2.09. The lowest BCUT2D eigenvalue weighted by Crippen LogP contribution is -2.31. The minimum absolute atomic E-state index is 0.313. The van der Waals surface area contributed by atoms with Crippen LogP contribution in [-0.2, 0) is 0 Å². The van der Waals surface area contributed by atoms with E-state index < -0.39 is 12.2 Å². The Bertz CT molecular complexity index is 145. The maximum atomic E-state index is 9.32. The predicted molar refractivity (Wildman–Crippen MR) is 60.5 cm³/mol. The molecule has 0 aliphatic carbocycles. The SMILES string of the molecule is CC(C)(C)CCSCC(O)C(O)CO. The van der Waals surface area contributed by atoms with Gasteiger partial charge in [0, 0.05) is 5.75 Å². The van der Waals surface area contributed by atoms with Crippen LogP contribution in [0.5, 0.6) is 0 Å². The van der Waals surface area contributed by atoms with Gasteiger partial charge in [-0.15, -0.1) is 0 Å². The molecule has 14 heavy (non-hydrogen) atoms. The van der Waals surface area contributed by atoms with Gasteiger partial charge in [0.1, 0.15) is 6.10 Å². The Labute approximate surface area is 90.5 Å². The van der Waals surface area contributed by atoms with E-state index in [9.17, 15) is 5.11 Å². The number of aliphatic hydroxyl groups is 3. The van der Waals surface area contributed by atoms with Crippen molar-refractivity contribution in [2.45, 2.75) is 39.4 Å². The Morgan fingerprint density at radius 3 is 2.14 bits per heavy atom. The first-order valence-corrected chi connectivity index (χ1v) is 6.07. The molecule has 0 aromatic carbocycles. The first kappa shape index (κ1) is 14.2. The van der Waals surface area contributed by atoms with Crippen molar-refractivity contribution in [3.8, 4) is 0 Å². The molecular formula is C10H22O3S. The molecule has 0 fully saturated rings. The number of rotatable bonds is 6. The van der Waals surface area contributed by atoms with Gasteiger partial charge in [0.2, 0.25) is 0 Å². The highest BCUT2D eigenvalue weighted by Gasteiger charge is 2.15. The first-order chi connectivity index (χ1) is 6.37. The Morgan fingerprint density at radius 2 is 1.71 bits per heavy atom. The average molecular weight is 222 g/mol. The molecule has 0 heterocycles. The van der Waals surface area contributed by atoms with Gasteiger partial charge in [-0.2, -0.15) is 11.8 Å². The fourth-order valence-corrected chi connectivity index (χ4v) is 2.20.